The van der Waals surface area contributed by atoms with Crippen LogP contribution in [0.1, 0.15) is 20.3 Å². The lowest BCUT2D eigenvalue weighted by Gasteiger charge is -2.12. The number of nitrogens with one attached hydrogen (secondary N) is 1. The summed E-state index contributed by atoms with van der Waals surface area (Å²) in [4.78, 5) is 14.2. The number of hydrogen-bond acceptors (Lipinski definition) is 5. The Kier molecular flexibility index (Phi) is 2.66. The summed E-state index contributed by atoms with van der Waals surface area (Å²) >= 11 is 5.84. The van der Waals surface area contributed by atoms with Gasteiger partial charge in [0.1, 0.15) is 0 Å². The van der Waals surface area contributed by atoms with Gasteiger partial charge in [0.05, 0.1) is 0 Å². The van der Waals surface area contributed by atoms with Gasteiger partial charge in [-0.2, -0.15) is 15.0 Å². The molecule has 0 aromatic carbocycles. The molecule has 0 saturated heterocycles. The second-order valence-electron chi connectivity index (χ2n) is 5.01. The van der Waals surface area contributed by atoms with Crippen LogP contribution in [-0.4, -0.2) is 35.1 Å². The lowest BCUT2D eigenvalue weighted by molar-refractivity contribution is 0.628. The summed E-state index contributed by atoms with van der Waals surface area (Å²) in [5.74, 6) is 1.13. The zero-order chi connectivity index (χ0) is 11.9. The first-order valence-corrected chi connectivity index (χ1v) is 5.62. The highest BCUT2D eigenvalue weighted by molar-refractivity contribution is 6.28. The van der Waals surface area contributed by atoms with Crippen LogP contribution in [0.15, 0.2) is 0 Å². The van der Waals surface area contributed by atoms with Crippen LogP contribution in [0.2, 0.25) is 5.28 Å². The maximum atomic E-state index is 5.84. The average Bonchev–Trinajstić information content (AvgIpc) is 2.72. The highest BCUT2D eigenvalue weighted by Crippen LogP contribution is 2.46. The fraction of sp³-hybridized carbons (Fsp3) is 0.700. The van der Waals surface area contributed by atoms with Crippen molar-refractivity contribution in [2.45, 2.75) is 26.3 Å². The van der Waals surface area contributed by atoms with Crippen LogP contribution in [-0.2, 0) is 0 Å². The third-order valence-corrected chi connectivity index (χ3v) is 2.98. The predicted octanol–water partition coefficient (Wildman–Crippen LogP) is 1.80. The molecule has 1 aromatic heterocycles. The van der Waals surface area contributed by atoms with Gasteiger partial charge in [-0.05, 0) is 23.4 Å². The Bertz CT molecular complexity index is 404. The minimum absolute atomic E-state index is 0.222. The number of anilines is 2. The molecule has 0 aliphatic heterocycles. The molecule has 5 nitrogen and oxygen atoms in total. The molecular weight excluding hydrogens is 226 g/mol. The molecule has 0 amide bonds. The van der Waals surface area contributed by atoms with Crippen molar-refractivity contribution in [3.8, 4) is 0 Å². The standard InChI is InChI=1S/C10H16ClN5/c1-10(2)5-6(10)12-8-13-7(11)14-9(15-8)16(3)4/h6H,5H2,1-4H3,(H,12,13,14,15). The quantitative estimate of drug-likeness (QED) is 0.875. The largest absolute Gasteiger partial charge is 0.351 e. The van der Waals surface area contributed by atoms with E-state index in [0.29, 0.717) is 23.4 Å². The first-order chi connectivity index (χ1) is 7.38. The van der Waals surface area contributed by atoms with Gasteiger partial charge in [0.25, 0.3) is 0 Å². The molecule has 6 heteroatoms. The second kappa shape index (κ2) is 3.73. The van der Waals surface area contributed by atoms with E-state index in [9.17, 15) is 0 Å². The number of aromatic nitrogens is 3. The van der Waals surface area contributed by atoms with Crippen molar-refractivity contribution in [2.24, 2.45) is 5.41 Å². The van der Waals surface area contributed by atoms with Gasteiger partial charge in [-0.3, -0.25) is 0 Å². The van der Waals surface area contributed by atoms with Crippen LogP contribution in [0.4, 0.5) is 11.9 Å². The Balaban J connectivity index is 2.15. The van der Waals surface area contributed by atoms with E-state index in [0.717, 1.165) is 6.42 Å². The predicted molar refractivity (Wildman–Crippen MR) is 65.0 cm³/mol. The topological polar surface area (TPSA) is 53.9 Å². The molecule has 1 aromatic rings. The molecule has 1 aliphatic rings. The van der Waals surface area contributed by atoms with Gasteiger partial charge in [-0.25, -0.2) is 0 Å². The fourth-order valence-corrected chi connectivity index (χ4v) is 1.63. The first kappa shape index (κ1) is 11.4. The normalized spacial score (nSPS) is 21.7. The first-order valence-electron chi connectivity index (χ1n) is 5.24. The van der Waals surface area contributed by atoms with Crippen LogP contribution in [0.5, 0.6) is 0 Å². The smallest absolute Gasteiger partial charge is 0.230 e. The summed E-state index contributed by atoms with van der Waals surface area (Å²) in [6, 6.07) is 0.431. The SMILES string of the molecule is CN(C)c1nc(Cl)nc(NC2CC2(C)C)n1. The van der Waals surface area contributed by atoms with Gasteiger partial charge in [0.2, 0.25) is 17.2 Å². The van der Waals surface area contributed by atoms with Crippen LogP contribution in [0, 0.1) is 5.41 Å². The molecule has 1 fully saturated rings. The summed E-state index contributed by atoms with van der Waals surface area (Å²) < 4.78 is 0. The van der Waals surface area contributed by atoms with Crippen molar-refractivity contribution in [1.29, 1.82) is 0 Å². The molecule has 0 bridgehead atoms. The van der Waals surface area contributed by atoms with Gasteiger partial charge in [0.15, 0.2) is 0 Å². The minimum atomic E-state index is 0.222. The summed E-state index contributed by atoms with van der Waals surface area (Å²) in [7, 11) is 3.74. The third-order valence-electron chi connectivity index (χ3n) is 2.81. The van der Waals surface area contributed by atoms with Gasteiger partial charge < -0.3 is 10.2 Å². The molecule has 1 heterocycles. The fourth-order valence-electron chi connectivity index (χ4n) is 1.47. The molecule has 1 atom stereocenters. The monoisotopic (exact) mass is 241 g/mol. The van der Waals surface area contributed by atoms with E-state index in [4.69, 9.17) is 11.6 Å². The Morgan fingerprint density at radius 1 is 1.31 bits per heavy atom. The molecule has 0 radical (unpaired) electrons. The Hall–Kier alpha value is -1.10. The molecule has 16 heavy (non-hydrogen) atoms. The van der Waals surface area contributed by atoms with Gasteiger partial charge in [-0.1, -0.05) is 13.8 Å². The van der Waals surface area contributed by atoms with Crippen LogP contribution >= 0.6 is 11.6 Å². The summed E-state index contributed by atoms with van der Waals surface area (Å²) in [6.45, 7) is 4.42. The highest BCUT2D eigenvalue weighted by Gasteiger charge is 2.46. The van der Waals surface area contributed by atoms with E-state index < -0.39 is 0 Å². The van der Waals surface area contributed by atoms with E-state index >= 15 is 0 Å². The van der Waals surface area contributed by atoms with Crippen molar-refractivity contribution in [3.63, 3.8) is 0 Å². The molecule has 1 unspecified atom stereocenters. The molecule has 1 saturated carbocycles. The molecule has 1 N–H and O–H groups in total. The minimum Gasteiger partial charge on any atom is -0.351 e. The van der Waals surface area contributed by atoms with E-state index in [2.05, 4.69) is 34.1 Å². The summed E-state index contributed by atoms with van der Waals surface area (Å²) in [6.07, 6.45) is 1.13. The van der Waals surface area contributed by atoms with Crippen molar-refractivity contribution < 1.29 is 0 Å². The maximum absolute atomic E-state index is 5.84. The van der Waals surface area contributed by atoms with Crippen molar-refractivity contribution >= 4 is 23.5 Å². The molecular formula is C10H16ClN5. The zero-order valence-electron chi connectivity index (χ0n) is 9.95. The van der Waals surface area contributed by atoms with Crippen molar-refractivity contribution in [3.05, 3.63) is 5.28 Å². The molecule has 0 spiro atoms. The van der Waals surface area contributed by atoms with E-state index in [-0.39, 0.29) is 5.28 Å². The summed E-state index contributed by atoms with van der Waals surface area (Å²) in [5, 5.41) is 3.49. The average molecular weight is 242 g/mol. The van der Waals surface area contributed by atoms with Crippen molar-refractivity contribution in [1.82, 2.24) is 15.0 Å². The highest BCUT2D eigenvalue weighted by atomic mass is 35.5. The molecule has 2 rings (SSSR count). The van der Waals surface area contributed by atoms with Crippen LogP contribution in [0.25, 0.3) is 0 Å². The van der Waals surface area contributed by atoms with E-state index in [1.807, 2.05) is 14.1 Å². The van der Waals surface area contributed by atoms with Crippen LogP contribution in [0.3, 0.4) is 0 Å². The molecule has 88 valence electrons. The van der Waals surface area contributed by atoms with Gasteiger partial charge in [-0.15, -0.1) is 0 Å². The molecule has 1 aliphatic carbocycles. The zero-order valence-corrected chi connectivity index (χ0v) is 10.7. The second-order valence-corrected chi connectivity index (χ2v) is 5.35. The number of halogens is 1. The lowest BCUT2D eigenvalue weighted by Crippen LogP contribution is -2.17. The number of hydrogen-bond donors (Lipinski definition) is 1. The van der Waals surface area contributed by atoms with Crippen LogP contribution < -0.4 is 10.2 Å². The maximum Gasteiger partial charge on any atom is 0.230 e. The Morgan fingerprint density at radius 2 is 1.94 bits per heavy atom. The van der Waals surface area contributed by atoms with E-state index in [1.165, 1.54) is 0 Å². The van der Waals surface area contributed by atoms with Gasteiger partial charge >= 0.3 is 0 Å². The third kappa shape index (κ3) is 2.35. The Labute approximate surface area is 100 Å². The van der Waals surface area contributed by atoms with Gasteiger partial charge in [0, 0.05) is 20.1 Å². The lowest BCUT2D eigenvalue weighted by atomic mass is 10.2. The van der Waals surface area contributed by atoms with Crippen molar-refractivity contribution in [2.75, 3.05) is 24.3 Å². The number of rotatable bonds is 3. The van der Waals surface area contributed by atoms with E-state index in [1.54, 1.807) is 4.90 Å². The summed E-state index contributed by atoms with van der Waals surface area (Å²) in [5.41, 5.74) is 0.331. The Morgan fingerprint density at radius 3 is 2.44 bits per heavy atom. The number of nitrogens with zero attached hydrogens (tertiary/aromatic N) is 4.